The van der Waals surface area contributed by atoms with Gasteiger partial charge in [-0.05, 0) is 49.2 Å². The third kappa shape index (κ3) is 5.14. The summed E-state index contributed by atoms with van der Waals surface area (Å²) >= 11 is 11.9. The van der Waals surface area contributed by atoms with Crippen molar-refractivity contribution in [3.63, 3.8) is 0 Å². The number of hydrogen-bond donors (Lipinski definition) is 1. The van der Waals surface area contributed by atoms with E-state index < -0.39 is 15.9 Å². The molecule has 2 aromatic rings. The van der Waals surface area contributed by atoms with Gasteiger partial charge in [-0.1, -0.05) is 23.2 Å². The summed E-state index contributed by atoms with van der Waals surface area (Å²) in [4.78, 5) is 12.4. The van der Waals surface area contributed by atoms with Gasteiger partial charge in [0.15, 0.2) is 6.61 Å². The van der Waals surface area contributed by atoms with Crippen molar-refractivity contribution >= 4 is 44.8 Å². The van der Waals surface area contributed by atoms with Gasteiger partial charge in [-0.3, -0.25) is 4.79 Å². The predicted molar refractivity (Wildman–Crippen MR) is 112 cm³/mol. The van der Waals surface area contributed by atoms with E-state index >= 15 is 0 Å². The third-order valence-corrected chi connectivity index (χ3v) is 6.83. The average molecular weight is 459 g/mol. The van der Waals surface area contributed by atoms with Gasteiger partial charge < -0.3 is 14.8 Å². The van der Waals surface area contributed by atoms with Crippen molar-refractivity contribution in [2.45, 2.75) is 17.7 Å². The van der Waals surface area contributed by atoms with Gasteiger partial charge in [-0.15, -0.1) is 0 Å². The molecule has 1 amide bonds. The van der Waals surface area contributed by atoms with Crippen molar-refractivity contribution < 1.29 is 22.7 Å². The lowest BCUT2D eigenvalue weighted by molar-refractivity contribution is -0.118. The molecule has 1 fully saturated rings. The van der Waals surface area contributed by atoms with E-state index in [1.54, 1.807) is 12.1 Å². The van der Waals surface area contributed by atoms with E-state index in [0.29, 0.717) is 29.6 Å². The molecule has 156 valence electrons. The fourth-order valence-electron chi connectivity index (χ4n) is 2.94. The summed E-state index contributed by atoms with van der Waals surface area (Å²) in [5.41, 5.74) is 0.239. The Bertz CT molecular complexity index is 1010. The van der Waals surface area contributed by atoms with E-state index in [0.717, 1.165) is 12.8 Å². The van der Waals surface area contributed by atoms with Crippen molar-refractivity contribution in [2.75, 3.05) is 32.1 Å². The number of anilines is 1. The second-order valence-electron chi connectivity index (χ2n) is 6.38. The maximum atomic E-state index is 12.8. The van der Waals surface area contributed by atoms with Crippen LogP contribution in [0.25, 0.3) is 0 Å². The molecular formula is C19H20Cl2N2O5S. The number of carbonyl (C=O) groups excluding carboxylic acids is 1. The molecule has 0 aromatic heterocycles. The Morgan fingerprint density at radius 1 is 1.10 bits per heavy atom. The zero-order valence-corrected chi connectivity index (χ0v) is 18.0. The van der Waals surface area contributed by atoms with Crippen LogP contribution in [0.15, 0.2) is 41.3 Å². The molecule has 0 spiro atoms. The Morgan fingerprint density at radius 2 is 1.79 bits per heavy atom. The number of halogens is 2. The largest absolute Gasteiger partial charge is 0.495 e. The highest BCUT2D eigenvalue weighted by Gasteiger charge is 2.28. The summed E-state index contributed by atoms with van der Waals surface area (Å²) in [5, 5.41) is 3.36. The second kappa shape index (κ2) is 9.21. The Balaban J connectivity index is 1.74. The number of ether oxygens (including phenoxy) is 2. The topological polar surface area (TPSA) is 84.9 Å². The summed E-state index contributed by atoms with van der Waals surface area (Å²) in [6.45, 7) is 0.658. The molecular weight excluding hydrogens is 439 g/mol. The molecule has 29 heavy (non-hydrogen) atoms. The molecule has 0 aliphatic carbocycles. The molecule has 0 radical (unpaired) electrons. The van der Waals surface area contributed by atoms with Gasteiger partial charge in [0.25, 0.3) is 5.91 Å². The van der Waals surface area contributed by atoms with Crippen LogP contribution in [0.3, 0.4) is 0 Å². The Labute approximate surface area is 179 Å². The van der Waals surface area contributed by atoms with Crippen LogP contribution < -0.4 is 14.8 Å². The number of amides is 1. The fourth-order valence-corrected chi connectivity index (χ4v) is 4.95. The number of hydrogen-bond acceptors (Lipinski definition) is 5. The molecule has 10 heteroatoms. The van der Waals surface area contributed by atoms with Crippen LogP contribution in [0, 0.1) is 0 Å². The molecule has 1 aliphatic rings. The quantitative estimate of drug-likeness (QED) is 0.681. The highest BCUT2D eigenvalue weighted by atomic mass is 35.5. The van der Waals surface area contributed by atoms with Crippen LogP contribution >= 0.6 is 23.2 Å². The fraction of sp³-hybridized carbons (Fsp3) is 0.316. The number of nitrogens with one attached hydrogen (secondary N) is 1. The number of methoxy groups -OCH3 is 1. The second-order valence-corrected chi connectivity index (χ2v) is 9.17. The average Bonchev–Trinajstić information content (AvgIpc) is 3.23. The van der Waals surface area contributed by atoms with Crippen LogP contribution in [0.2, 0.25) is 10.0 Å². The molecule has 0 bridgehead atoms. The molecule has 0 saturated carbocycles. The molecule has 0 unspecified atom stereocenters. The summed E-state index contributed by atoms with van der Waals surface area (Å²) in [7, 11) is -2.19. The van der Waals surface area contributed by atoms with Crippen molar-refractivity contribution in [3.05, 3.63) is 46.4 Å². The normalized spacial score (nSPS) is 14.6. The molecule has 1 N–H and O–H groups in total. The van der Waals surface area contributed by atoms with Gasteiger partial charge in [-0.25, -0.2) is 8.42 Å². The third-order valence-electron chi connectivity index (χ3n) is 4.40. The smallest absolute Gasteiger partial charge is 0.262 e. The van der Waals surface area contributed by atoms with Crippen LogP contribution in [0.1, 0.15) is 12.8 Å². The monoisotopic (exact) mass is 458 g/mol. The summed E-state index contributed by atoms with van der Waals surface area (Å²) in [6.07, 6.45) is 1.67. The zero-order chi connectivity index (χ0) is 21.0. The first kappa shape index (κ1) is 21.7. The van der Waals surface area contributed by atoms with Crippen LogP contribution in [-0.4, -0.2) is 45.4 Å². The van der Waals surface area contributed by atoms with Gasteiger partial charge >= 0.3 is 0 Å². The van der Waals surface area contributed by atoms with Crippen molar-refractivity contribution in [1.82, 2.24) is 4.31 Å². The first-order valence-corrected chi connectivity index (χ1v) is 11.1. The van der Waals surface area contributed by atoms with E-state index in [4.69, 9.17) is 32.7 Å². The lowest BCUT2D eigenvalue weighted by Crippen LogP contribution is -2.28. The molecule has 1 heterocycles. The SMILES string of the molecule is COc1ccc(S(=O)(=O)N2CCCC2)cc1NC(=O)COc1ccc(Cl)cc1Cl. The first-order valence-electron chi connectivity index (χ1n) is 8.87. The molecule has 1 aliphatic heterocycles. The van der Waals surface area contributed by atoms with E-state index in [2.05, 4.69) is 5.32 Å². The van der Waals surface area contributed by atoms with E-state index in [1.165, 1.54) is 35.7 Å². The van der Waals surface area contributed by atoms with Crippen molar-refractivity contribution in [1.29, 1.82) is 0 Å². The van der Waals surface area contributed by atoms with E-state index in [1.807, 2.05) is 0 Å². The van der Waals surface area contributed by atoms with Crippen LogP contribution in [0.4, 0.5) is 5.69 Å². The van der Waals surface area contributed by atoms with Gasteiger partial charge in [0.1, 0.15) is 11.5 Å². The summed E-state index contributed by atoms with van der Waals surface area (Å²) in [5.74, 6) is 0.150. The minimum absolute atomic E-state index is 0.0946. The first-order chi connectivity index (χ1) is 13.8. The van der Waals surface area contributed by atoms with Gasteiger partial charge in [0, 0.05) is 18.1 Å². The standard InChI is InChI=1S/C19H20Cl2N2O5S/c1-27-18-7-5-14(29(25,26)23-8-2-3-9-23)11-16(18)22-19(24)12-28-17-6-4-13(20)10-15(17)21/h4-7,10-11H,2-3,8-9,12H2,1H3,(H,22,24). The number of sulfonamides is 1. The van der Waals surface area contributed by atoms with E-state index in [-0.39, 0.29) is 22.2 Å². The Morgan fingerprint density at radius 3 is 2.45 bits per heavy atom. The van der Waals surface area contributed by atoms with Crippen molar-refractivity contribution in [2.24, 2.45) is 0 Å². The molecule has 7 nitrogen and oxygen atoms in total. The zero-order valence-electron chi connectivity index (χ0n) is 15.7. The Kier molecular flexibility index (Phi) is 6.89. The maximum absolute atomic E-state index is 12.8. The molecule has 1 saturated heterocycles. The predicted octanol–water partition coefficient (Wildman–Crippen LogP) is 3.80. The number of carbonyl (C=O) groups is 1. The van der Waals surface area contributed by atoms with Crippen LogP contribution in [-0.2, 0) is 14.8 Å². The highest BCUT2D eigenvalue weighted by Crippen LogP contribution is 2.31. The van der Waals surface area contributed by atoms with E-state index in [9.17, 15) is 13.2 Å². The maximum Gasteiger partial charge on any atom is 0.262 e. The summed E-state index contributed by atoms with van der Waals surface area (Å²) < 4.78 is 37.6. The van der Waals surface area contributed by atoms with Gasteiger partial charge in [0.2, 0.25) is 10.0 Å². The lowest BCUT2D eigenvalue weighted by atomic mass is 10.3. The summed E-state index contributed by atoms with van der Waals surface area (Å²) in [6, 6.07) is 9.02. The number of nitrogens with zero attached hydrogens (tertiary/aromatic N) is 1. The highest BCUT2D eigenvalue weighted by molar-refractivity contribution is 7.89. The van der Waals surface area contributed by atoms with Gasteiger partial charge in [-0.2, -0.15) is 4.31 Å². The minimum Gasteiger partial charge on any atom is -0.495 e. The van der Waals surface area contributed by atoms with Gasteiger partial charge in [0.05, 0.1) is 22.7 Å². The molecule has 2 aromatic carbocycles. The number of benzene rings is 2. The Hall–Kier alpha value is -2.00. The lowest BCUT2D eigenvalue weighted by Gasteiger charge is -2.17. The van der Waals surface area contributed by atoms with Crippen molar-refractivity contribution in [3.8, 4) is 11.5 Å². The molecule has 0 atom stereocenters. The van der Waals surface area contributed by atoms with Crippen LogP contribution in [0.5, 0.6) is 11.5 Å². The minimum atomic E-state index is -3.62. The molecule has 3 rings (SSSR count). The number of rotatable bonds is 7.